The molecular formula is C89H160O5. The van der Waals surface area contributed by atoms with Gasteiger partial charge in [0.2, 0.25) is 0 Å². The van der Waals surface area contributed by atoms with Crippen molar-refractivity contribution in [3.8, 4) is 0 Å². The number of carbonyl (C=O) groups is 2. The number of ether oxygens (including phenoxy) is 2. The molecule has 0 heterocycles. The van der Waals surface area contributed by atoms with Gasteiger partial charge >= 0.3 is 11.9 Å². The molecule has 94 heavy (non-hydrogen) atoms. The summed E-state index contributed by atoms with van der Waals surface area (Å²) in [5, 5.41) is 9.74. The summed E-state index contributed by atoms with van der Waals surface area (Å²) in [5.74, 6) is -0.573. The lowest BCUT2D eigenvalue weighted by Crippen LogP contribution is -2.28. The number of unbranched alkanes of at least 4 members (excludes halogenated alkanes) is 54. The van der Waals surface area contributed by atoms with Crippen LogP contribution < -0.4 is 0 Å². The number of aliphatic hydroxyl groups is 1. The van der Waals surface area contributed by atoms with Crippen molar-refractivity contribution in [1.82, 2.24) is 0 Å². The van der Waals surface area contributed by atoms with Gasteiger partial charge in [0.25, 0.3) is 0 Å². The average Bonchev–Trinajstić information content (AvgIpc) is 3.65. The molecule has 0 aliphatic carbocycles. The van der Waals surface area contributed by atoms with E-state index in [0.717, 1.165) is 89.9 Å². The van der Waals surface area contributed by atoms with E-state index in [9.17, 15) is 14.7 Å². The Labute approximate surface area is 587 Å². The highest BCUT2D eigenvalue weighted by Crippen LogP contribution is 2.20. The van der Waals surface area contributed by atoms with Crippen LogP contribution in [0.4, 0.5) is 0 Å². The van der Waals surface area contributed by atoms with Crippen LogP contribution in [0, 0.1) is 0 Å². The molecule has 0 aromatic heterocycles. The molecule has 0 bridgehead atoms. The van der Waals surface area contributed by atoms with Gasteiger partial charge in [-0.15, -0.1) is 0 Å². The highest BCUT2D eigenvalue weighted by atomic mass is 16.6. The zero-order valence-electron chi connectivity index (χ0n) is 63.0. The van der Waals surface area contributed by atoms with Crippen LogP contribution in [0.1, 0.15) is 438 Å². The van der Waals surface area contributed by atoms with Crippen molar-refractivity contribution in [2.45, 2.75) is 444 Å². The number of hydrogen-bond acceptors (Lipinski definition) is 5. The van der Waals surface area contributed by atoms with E-state index in [4.69, 9.17) is 9.47 Å². The van der Waals surface area contributed by atoms with Crippen molar-refractivity contribution in [2.24, 2.45) is 0 Å². The number of allylic oxidation sites excluding steroid dienone is 16. The summed E-state index contributed by atoms with van der Waals surface area (Å²) in [6, 6.07) is 0. The minimum absolute atomic E-state index is 0.0640. The molecule has 0 rings (SSSR count). The summed E-state index contributed by atoms with van der Waals surface area (Å²) in [6.07, 6.45) is 121. The molecule has 1 N–H and O–H groups in total. The van der Waals surface area contributed by atoms with Gasteiger partial charge in [-0.25, -0.2) is 0 Å². The van der Waals surface area contributed by atoms with E-state index < -0.39 is 6.10 Å². The van der Waals surface area contributed by atoms with Gasteiger partial charge in [0.05, 0.1) is 6.61 Å². The Morgan fingerprint density at radius 2 is 0.457 bits per heavy atom. The maximum absolute atomic E-state index is 12.4. The summed E-state index contributed by atoms with van der Waals surface area (Å²) in [7, 11) is 0. The smallest absolute Gasteiger partial charge is 0.306 e. The minimum Gasteiger partial charge on any atom is -0.462 e. The third-order valence-electron chi connectivity index (χ3n) is 18.9. The molecule has 0 aromatic carbocycles. The van der Waals surface area contributed by atoms with Gasteiger partial charge in [0.1, 0.15) is 6.61 Å². The normalized spacial score (nSPS) is 12.7. The number of hydrogen-bond donors (Lipinski definition) is 1. The van der Waals surface area contributed by atoms with Crippen LogP contribution in [0.3, 0.4) is 0 Å². The number of carbonyl (C=O) groups excluding carboxylic acids is 2. The van der Waals surface area contributed by atoms with Crippen molar-refractivity contribution < 1.29 is 24.2 Å². The molecule has 0 fully saturated rings. The van der Waals surface area contributed by atoms with Crippen LogP contribution in [0.25, 0.3) is 0 Å². The predicted octanol–water partition coefficient (Wildman–Crippen LogP) is 29.7. The second kappa shape index (κ2) is 84.0. The molecule has 0 aliphatic heterocycles. The maximum atomic E-state index is 12.4. The van der Waals surface area contributed by atoms with Gasteiger partial charge in [0, 0.05) is 12.8 Å². The Kier molecular flexibility index (Phi) is 81.2. The summed E-state index contributed by atoms with van der Waals surface area (Å²) in [5.41, 5.74) is 0. The zero-order valence-corrected chi connectivity index (χ0v) is 63.0. The van der Waals surface area contributed by atoms with Crippen LogP contribution in [0.15, 0.2) is 97.2 Å². The topological polar surface area (TPSA) is 72.8 Å². The molecule has 1 unspecified atom stereocenters. The Hall–Kier alpha value is -3.18. The van der Waals surface area contributed by atoms with Crippen molar-refractivity contribution in [3.05, 3.63) is 97.2 Å². The molecule has 5 heteroatoms. The van der Waals surface area contributed by atoms with E-state index in [2.05, 4.69) is 111 Å². The molecule has 1 atom stereocenters. The summed E-state index contributed by atoms with van der Waals surface area (Å²) in [4.78, 5) is 24.7. The van der Waals surface area contributed by atoms with Crippen LogP contribution in [0.2, 0.25) is 0 Å². The van der Waals surface area contributed by atoms with E-state index in [1.165, 1.54) is 321 Å². The SMILES string of the molecule is CC/C=C\C/C=C\C/C=C\C/C=C\C/C=C\C/C=C\C/C=C\C/C=C\CCCCCCCCCCCCCCCCC(=O)OC(CO)COC(=O)CCCCCCCCCCCCCCCCCCCCCCCCCCCCCCCCCCCCCCCCCCC. The van der Waals surface area contributed by atoms with E-state index >= 15 is 0 Å². The minimum atomic E-state index is -0.777. The third-order valence-corrected chi connectivity index (χ3v) is 18.9. The Balaban J connectivity index is 3.41. The molecule has 546 valence electrons. The van der Waals surface area contributed by atoms with E-state index in [1.807, 2.05) is 0 Å². The van der Waals surface area contributed by atoms with Crippen molar-refractivity contribution >= 4 is 11.9 Å². The lowest BCUT2D eigenvalue weighted by atomic mass is 10.0. The van der Waals surface area contributed by atoms with Gasteiger partial charge < -0.3 is 14.6 Å². The van der Waals surface area contributed by atoms with Crippen molar-refractivity contribution in [1.29, 1.82) is 0 Å². The molecule has 0 radical (unpaired) electrons. The molecular weight excluding hydrogens is 1150 g/mol. The number of aliphatic hydroxyl groups excluding tert-OH is 1. The third kappa shape index (κ3) is 81.2. The van der Waals surface area contributed by atoms with Crippen LogP contribution in [-0.4, -0.2) is 36.4 Å². The monoisotopic (exact) mass is 1310 g/mol. The first-order valence-corrected chi connectivity index (χ1v) is 41.8. The first-order valence-electron chi connectivity index (χ1n) is 41.8. The summed E-state index contributed by atoms with van der Waals surface area (Å²) in [6.45, 7) is 4.08. The van der Waals surface area contributed by atoms with Crippen LogP contribution in [-0.2, 0) is 19.1 Å². The van der Waals surface area contributed by atoms with Crippen LogP contribution in [0.5, 0.6) is 0 Å². The lowest BCUT2D eigenvalue weighted by molar-refractivity contribution is -0.161. The second-order valence-corrected chi connectivity index (χ2v) is 28.2. The summed E-state index contributed by atoms with van der Waals surface area (Å²) >= 11 is 0. The quantitative estimate of drug-likeness (QED) is 0.0373. The Bertz CT molecular complexity index is 1730. The van der Waals surface area contributed by atoms with E-state index in [-0.39, 0.29) is 25.2 Å². The Morgan fingerprint density at radius 1 is 0.255 bits per heavy atom. The van der Waals surface area contributed by atoms with Crippen molar-refractivity contribution in [3.63, 3.8) is 0 Å². The molecule has 0 spiro atoms. The molecule has 0 aliphatic rings. The van der Waals surface area contributed by atoms with Gasteiger partial charge in [-0.3, -0.25) is 9.59 Å². The van der Waals surface area contributed by atoms with E-state index in [0.29, 0.717) is 12.8 Å². The predicted molar refractivity (Wildman–Crippen MR) is 417 cm³/mol. The molecule has 0 aromatic rings. The number of esters is 2. The lowest BCUT2D eigenvalue weighted by Gasteiger charge is -2.15. The highest BCUT2D eigenvalue weighted by Gasteiger charge is 2.16. The highest BCUT2D eigenvalue weighted by molar-refractivity contribution is 5.70. The largest absolute Gasteiger partial charge is 0.462 e. The fourth-order valence-corrected chi connectivity index (χ4v) is 12.7. The van der Waals surface area contributed by atoms with Gasteiger partial charge in [-0.1, -0.05) is 445 Å². The van der Waals surface area contributed by atoms with Crippen LogP contribution >= 0.6 is 0 Å². The van der Waals surface area contributed by atoms with E-state index in [1.54, 1.807) is 0 Å². The first kappa shape index (κ1) is 90.8. The molecule has 0 amide bonds. The van der Waals surface area contributed by atoms with Gasteiger partial charge in [-0.2, -0.15) is 0 Å². The van der Waals surface area contributed by atoms with Gasteiger partial charge in [-0.05, 0) is 77.0 Å². The summed E-state index contributed by atoms with van der Waals surface area (Å²) < 4.78 is 10.8. The fraction of sp³-hybridized carbons (Fsp3) is 0.798. The zero-order chi connectivity index (χ0) is 67.5. The van der Waals surface area contributed by atoms with Crippen molar-refractivity contribution in [2.75, 3.05) is 13.2 Å². The molecule has 0 saturated heterocycles. The number of rotatable bonds is 78. The fourth-order valence-electron chi connectivity index (χ4n) is 12.7. The molecule has 0 saturated carbocycles. The standard InChI is InChI=1S/C89H160O5/c1-3-5-7-9-11-13-15-17-19-21-23-25-27-29-31-33-35-37-39-41-43-44-46-47-49-51-53-55-57-59-61-63-65-67-69-71-73-75-77-79-81-83-88(91)93-86-87(85-90)94-89(92)84-82-80-78-76-74-72-70-68-66-64-62-60-58-56-54-52-50-48-45-42-40-38-36-34-32-30-28-26-24-22-20-18-16-14-12-10-8-6-4-2/h6,8,12,14,18,20,24,26,30,32,36,38,42,45,50,52,87,90H,3-5,7,9-11,13,15-17,19,21-23,25,27-29,31,33-35,37,39-41,43-44,46-49,51,53-86H2,1-2H3/b8-6-,14-12-,20-18-,26-24-,32-30-,38-36-,45-42-,52-50-. The Morgan fingerprint density at radius 3 is 0.691 bits per heavy atom. The first-order chi connectivity index (χ1) is 46.6. The average molecular weight is 1310 g/mol. The second-order valence-electron chi connectivity index (χ2n) is 28.2. The maximum Gasteiger partial charge on any atom is 0.306 e. The van der Waals surface area contributed by atoms with Gasteiger partial charge in [0.15, 0.2) is 6.10 Å². The molecule has 5 nitrogen and oxygen atoms in total.